The van der Waals surface area contributed by atoms with Gasteiger partial charge in [0.2, 0.25) is 5.91 Å². The molecule has 2 heterocycles. The largest absolute Gasteiger partial charge is 0.396 e. The molecule has 17 heavy (non-hydrogen) atoms. The van der Waals surface area contributed by atoms with Gasteiger partial charge < -0.3 is 20.1 Å². The van der Waals surface area contributed by atoms with Gasteiger partial charge in [-0.25, -0.2) is 0 Å². The molecule has 0 radical (unpaired) electrons. The number of ether oxygens (including phenoxy) is 1. The van der Waals surface area contributed by atoms with Gasteiger partial charge in [-0.05, 0) is 18.8 Å². The SMILES string of the molecule is O=C(CC1COCCN1)N1CCC(CO)CC1. The van der Waals surface area contributed by atoms with Gasteiger partial charge >= 0.3 is 0 Å². The average Bonchev–Trinajstić information content (AvgIpc) is 2.40. The average molecular weight is 242 g/mol. The number of nitrogens with one attached hydrogen (secondary N) is 1. The molecular formula is C12H22N2O3. The van der Waals surface area contributed by atoms with E-state index in [0.29, 0.717) is 18.9 Å². The van der Waals surface area contributed by atoms with Crippen molar-refractivity contribution in [2.75, 3.05) is 39.5 Å². The maximum atomic E-state index is 12.0. The van der Waals surface area contributed by atoms with Crippen molar-refractivity contribution in [3.63, 3.8) is 0 Å². The maximum absolute atomic E-state index is 12.0. The summed E-state index contributed by atoms with van der Waals surface area (Å²) in [6.07, 6.45) is 2.39. The first-order valence-corrected chi connectivity index (χ1v) is 6.49. The fourth-order valence-corrected chi connectivity index (χ4v) is 2.46. The molecule has 0 aromatic rings. The van der Waals surface area contributed by atoms with Crippen molar-refractivity contribution >= 4 is 5.91 Å². The van der Waals surface area contributed by atoms with E-state index in [2.05, 4.69) is 5.32 Å². The Morgan fingerprint density at radius 1 is 1.41 bits per heavy atom. The van der Waals surface area contributed by atoms with E-state index in [1.807, 2.05) is 4.90 Å². The van der Waals surface area contributed by atoms with E-state index in [-0.39, 0.29) is 18.6 Å². The number of amides is 1. The number of carbonyl (C=O) groups is 1. The minimum absolute atomic E-state index is 0.173. The molecule has 2 aliphatic heterocycles. The molecule has 5 heteroatoms. The third-order valence-corrected chi connectivity index (χ3v) is 3.64. The van der Waals surface area contributed by atoms with Gasteiger partial charge in [-0.2, -0.15) is 0 Å². The van der Waals surface area contributed by atoms with Crippen LogP contribution in [0.2, 0.25) is 0 Å². The third kappa shape index (κ3) is 3.66. The lowest BCUT2D eigenvalue weighted by Crippen LogP contribution is -2.46. The van der Waals surface area contributed by atoms with E-state index >= 15 is 0 Å². The number of morpholine rings is 1. The van der Waals surface area contributed by atoms with Crippen molar-refractivity contribution in [3.05, 3.63) is 0 Å². The third-order valence-electron chi connectivity index (χ3n) is 3.64. The highest BCUT2D eigenvalue weighted by atomic mass is 16.5. The lowest BCUT2D eigenvalue weighted by molar-refractivity contribution is -0.134. The Labute approximate surface area is 102 Å². The standard InChI is InChI=1S/C12H22N2O3/c15-8-10-1-4-14(5-2-10)12(16)7-11-9-17-6-3-13-11/h10-11,13,15H,1-9H2. The molecule has 2 saturated heterocycles. The number of nitrogens with zero attached hydrogens (tertiary/aromatic N) is 1. The van der Waals surface area contributed by atoms with E-state index < -0.39 is 0 Å². The second-order valence-corrected chi connectivity index (χ2v) is 4.94. The zero-order chi connectivity index (χ0) is 12.1. The van der Waals surface area contributed by atoms with Gasteiger partial charge in [0.05, 0.1) is 13.2 Å². The number of hydrogen-bond acceptors (Lipinski definition) is 4. The second kappa shape index (κ2) is 6.33. The van der Waals surface area contributed by atoms with Gasteiger partial charge in [0.15, 0.2) is 0 Å². The zero-order valence-electron chi connectivity index (χ0n) is 10.2. The lowest BCUT2D eigenvalue weighted by atomic mass is 9.97. The summed E-state index contributed by atoms with van der Waals surface area (Å²) in [5.41, 5.74) is 0. The zero-order valence-corrected chi connectivity index (χ0v) is 10.2. The smallest absolute Gasteiger partial charge is 0.224 e. The van der Waals surface area contributed by atoms with E-state index in [1.54, 1.807) is 0 Å². The molecule has 2 aliphatic rings. The van der Waals surface area contributed by atoms with Crippen molar-refractivity contribution in [1.82, 2.24) is 10.2 Å². The molecule has 0 aliphatic carbocycles. The van der Waals surface area contributed by atoms with Crippen LogP contribution in [0.4, 0.5) is 0 Å². The fourth-order valence-electron chi connectivity index (χ4n) is 2.46. The van der Waals surface area contributed by atoms with Gasteiger partial charge in [-0.1, -0.05) is 0 Å². The first-order valence-electron chi connectivity index (χ1n) is 6.49. The topological polar surface area (TPSA) is 61.8 Å². The molecule has 2 rings (SSSR count). The van der Waals surface area contributed by atoms with Gasteiger partial charge in [-0.15, -0.1) is 0 Å². The molecule has 1 amide bonds. The molecule has 5 nitrogen and oxygen atoms in total. The van der Waals surface area contributed by atoms with Crippen LogP contribution >= 0.6 is 0 Å². The number of likely N-dealkylation sites (tertiary alicyclic amines) is 1. The summed E-state index contributed by atoms with van der Waals surface area (Å²) >= 11 is 0. The first kappa shape index (κ1) is 12.8. The van der Waals surface area contributed by atoms with E-state index in [0.717, 1.165) is 39.1 Å². The predicted molar refractivity (Wildman–Crippen MR) is 63.6 cm³/mol. The summed E-state index contributed by atoms with van der Waals surface area (Å²) in [6.45, 7) is 4.05. The van der Waals surface area contributed by atoms with E-state index in [4.69, 9.17) is 9.84 Å². The Balaban J connectivity index is 1.72. The van der Waals surface area contributed by atoms with Crippen molar-refractivity contribution < 1.29 is 14.6 Å². The molecule has 2 fully saturated rings. The minimum atomic E-state index is 0.173. The van der Waals surface area contributed by atoms with Crippen LogP contribution in [0.5, 0.6) is 0 Å². The Morgan fingerprint density at radius 2 is 2.18 bits per heavy atom. The monoisotopic (exact) mass is 242 g/mol. The summed E-state index contributed by atoms with van der Waals surface area (Å²) in [5, 5.41) is 12.3. The molecule has 0 saturated carbocycles. The highest BCUT2D eigenvalue weighted by molar-refractivity contribution is 5.77. The van der Waals surface area contributed by atoms with Crippen molar-refractivity contribution in [3.8, 4) is 0 Å². The molecule has 0 aromatic carbocycles. The van der Waals surface area contributed by atoms with E-state index in [1.165, 1.54) is 0 Å². The molecule has 2 N–H and O–H groups in total. The summed E-state index contributed by atoms with van der Waals surface area (Å²) in [5.74, 6) is 0.597. The van der Waals surface area contributed by atoms with Crippen LogP contribution in [0.3, 0.4) is 0 Å². The number of aliphatic hydroxyl groups excluding tert-OH is 1. The maximum Gasteiger partial charge on any atom is 0.224 e. The van der Waals surface area contributed by atoms with Gasteiger partial charge in [0.1, 0.15) is 0 Å². The minimum Gasteiger partial charge on any atom is -0.396 e. The highest BCUT2D eigenvalue weighted by Crippen LogP contribution is 2.17. The predicted octanol–water partition coefficient (Wildman–Crippen LogP) is -0.404. The number of hydrogen-bond donors (Lipinski definition) is 2. The van der Waals surface area contributed by atoms with Gasteiger partial charge in [0, 0.05) is 38.7 Å². The van der Waals surface area contributed by atoms with Crippen LogP contribution in [0.15, 0.2) is 0 Å². The molecule has 98 valence electrons. The van der Waals surface area contributed by atoms with Gasteiger partial charge in [-0.3, -0.25) is 4.79 Å². The molecular weight excluding hydrogens is 220 g/mol. The lowest BCUT2D eigenvalue weighted by Gasteiger charge is -2.33. The Morgan fingerprint density at radius 3 is 2.76 bits per heavy atom. The second-order valence-electron chi connectivity index (χ2n) is 4.94. The number of rotatable bonds is 3. The number of aliphatic hydroxyl groups is 1. The molecule has 0 spiro atoms. The summed E-state index contributed by atoms with van der Waals surface area (Å²) in [7, 11) is 0. The summed E-state index contributed by atoms with van der Waals surface area (Å²) in [4.78, 5) is 13.9. The normalized spacial score (nSPS) is 27.1. The first-order chi connectivity index (χ1) is 8.29. The molecule has 1 unspecified atom stereocenters. The van der Waals surface area contributed by atoms with E-state index in [9.17, 15) is 4.79 Å². The Hall–Kier alpha value is -0.650. The van der Waals surface area contributed by atoms with Crippen molar-refractivity contribution in [2.24, 2.45) is 5.92 Å². The van der Waals surface area contributed by atoms with Crippen molar-refractivity contribution in [1.29, 1.82) is 0 Å². The van der Waals surface area contributed by atoms with Crippen LogP contribution in [0.1, 0.15) is 19.3 Å². The highest BCUT2D eigenvalue weighted by Gasteiger charge is 2.25. The van der Waals surface area contributed by atoms with Gasteiger partial charge in [0.25, 0.3) is 0 Å². The van der Waals surface area contributed by atoms with Crippen LogP contribution < -0.4 is 5.32 Å². The summed E-state index contributed by atoms with van der Waals surface area (Å²) < 4.78 is 5.34. The molecule has 0 bridgehead atoms. The fraction of sp³-hybridized carbons (Fsp3) is 0.917. The van der Waals surface area contributed by atoms with Crippen molar-refractivity contribution in [2.45, 2.75) is 25.3 Å². The molecule has 1 atom stereocenters. The summed E-state index contributed by atoms with van der Waals surface area (Å²) in [6, 6.07) is 0.173. The van der Waals surface area contributed by atoms with Crippen LogP contribution in [-0.2, 0) is 9.53 Å². The number of carbonyl (C=O) groups excluding carboxylic acids is 1. The Bertz CT molecular complexity index is 246. The van der Waals surface area contributed by atoms with Crippen LogP contribution in [0, 0.1) is 5.92 Å². The van der Waals surface area contributed by atoms with Crippen LogP contribution in [0.25, 0.3) is 0 Å². The number of piperidine rings is 1. The van der Waals surface area contributed by atoms with Crippen LogP contribution in [-0.4, -0.2) is 61.4 Å². The Kier molecular flexibility index (Phi) is 4.76. The molecule has 0 aromatic heterocycles. The quantitative estimate of drug-likeness (QED) is 0.706.